The second-order valence-electron chi connectivity index (χ2n) is 10.7. The number of nitrogens with one attached hydrogen (secondary N) is 2. The Hall–Kier alpha value is -3.21. The highest BCUT2D eigenvalue weighted by molar-refractivity contribution is 7.99. The smallest absolute Gasteiger partial charge is 0.416 e. The number of hydrogen-bond donors (Lipinski definition) is 2. The zero-order valence-electron chi connectivity index (χ0n) is 22.6. The fraction of sp³-hybridized carbons (Fsp3) is 0.464. The first-order valence-corrected chi connectivity index (χ1v) is 13.6. The van der Waals surface area contributed by atoms with Gasteiger partial charge >= 0.3 is 12.3 Å². The van der Waals surface area contributed by atoms with E-state index in [1.54, 1.807) is 25.7 Å². The van der Waals surface area contributed by atoms with E-state index in [0.717, 1.165) is 16.6 Å². The number of alkyl carbamates (subject to hydrolysis) is 1. The number of hydrogen-bond acceptors (Lipinski definition) is 5. The maximum absolute atomic E-state index is 13.7. The second-order valence-corrected chi connectivity index (χ2v) is 11.8. The number of halogens is 3. The van der Waals surface area contributed by atoms with Gasteiger partial charge in [-0.2, -0.15) is 13.2 Å². The van der Waals surface area contributed by atoms with Gasteiger partial charge in [0.25, 0.3) is 0 Å². The number of amides is 3. The molecule has 0 aliphatic carbocycles. The van der Waals surface area contributed by atoms with E-state index in [2.05, 4.69) is 10.6 Å². The Kier molecular flexibility index (Phi) is 9.58. The summed E-state index contributed by atoms with van der Waals surface area (Å²) in [5.74, 6) is -0.760. The molecule has 0 saturated carbocycles. The first kappa shape index (κ1) is 30.3. The van der Waals surface area contributed by atoms with Crippen LogP contribution < -0.4 is 15.5 Å². The van der Waals surface area contributed by atoms with Crippen LogP contribution in [0.3, 0.4) is 0 Å². The van der Waals surface area contributed by atoms with Gasteiger partial charge in [0.05, 0.1) is 11.3 Å². The average molecular weight is 566 g/mol. The maximum atomic E-state index is 13.7. The normalized spacial score (nSPS) is 16.8. The molecule has 11 heteroatoms. The minimum absolute atomic E-state index is 0.141. The molecule has 0 spiro atoms. The van der Waals surface area contributed by atoms with Gasteiger partial charge in [-0.05, 0) is 50.5 Å². The Morgan fingerprint density at radius 2 is 1.72 bits per heavy atom. The zero-order chi connectivity index (χ0) is 29.0. The van der Waals surface area contributed by atoms with Crippen molar-refractivity contribution in [3.05, 3.63) is 59.7 Å². The molecule has 2 aromatic rings. The predicted octanol–water partition coefficient (Wildman–Crippen LogP) is 5.42. The molecule has 0 fully saturated rings. The van der Waals surface area contributed by atoms with E-state index in [4.69, 9.17) is 4.74 Å². The molecule has 0 radical (unpaired) electrons. The van der Waals surface area contributed by atoms with Gasteiger partial charge in [-0.15, -0.1) is 11.8 Å². The molecule has 7 nitrogen and oxygen atoms in total. The molecule has 3 amide bonds. The summed E-state index contributed by atoms with van der Waals surface area (Å²) in [6, 6.07) is 9.90. The quantitative estimate of drug-likeness (QED) is 0.468. The lowest BCUT2D eigenvalue weighted by molar-refractivity contribution is -0.138. The highest BCUT2D eigenvalue weighted by atomic mass is 32.2. The summed E-state index contributed by atoms with van der Waals surface area (Å²) in [4.78, 5) is 42.2. The van der Waals surface area contributed by atoms with E-state index < -0.39 is 47.8 Å². The Balaban J connectivity index is 1.89. The lowest BCUT2D eigenvalue weighted by atomic mass is 9.99. The molecule has 0 saturated heterocycles. The summed E-state index contributed by atoms with van der Waals surface area (Å²) in [5.41, 5.74) is -1.24. The lowest BCUT2D eigenvalue weighted by Gasteiger charge is -2.29. The number of benzene rings is 2. The highest BCUT2D eigenvalue weighted by Crippen LogP contribution is 2.35. The molecule has 2 N–H and O–H groups in total. The molecule has 0 unspecified atom stereocenters. The van der Waals surface area contributed by atoms with Crippen molar-refractivity contribution in [2.75, 3.05) is 17.2 Å². The minimum Gasteiger partial charge on any atom is -0.444 e. The predicted molar refractivity (Wildman–Crippen MR) is 145 cm³/mol. The number of anilines is 1. The SMILES string of the molecule is CC(C)CN1C(=O)[C@H](NC(=O)[C@@H](Cc2ccccc2C(F)(F)F)NC(=O)OC(C)(C)C)CSc2ccccc21. The van der Waals surface area contributed by atoms with E-state index in [0.29, 0.717) is 6.54 Å². The summed E-state index contributed by atoms with van der Waals surface area (Å²) in [6.07, 6.45) is -6.06. The lowest BCUT2D eigenvalue weighted by Crippen LogP contribution is -2.56. The molecule has 2 aromatic carbocycles. The third kappa shape index (κ3) is 8.39. The summed E-state index contributed by atoms with van der Waals surface area (Å²) >= 11 is 1.40. The number of carbonyl (C=O) groups is 3. The molecule has 39 heavy (non-hydrogen) atoms. The van der Waals surface area contributed by atoms with Crippen LogP contribution >= 0.6 is 11.8 Å². The second kappa shape index (κ2) is 12.3. The Morgan fingerprint density at radius 1 is 1.08 bits per heavy atom. The summed E-state index contributed by atoms with van der Waals surface area (Å²) in [7, 11) is 0. The molecule has 0 aromatic heterocycles. The molecule has 1 aliphatic rings. The summed E-state index contributed by atoms with van der Waals surface area (Å²) < 4.78 is 46.3. The number of carbonyl (C=O) groups excluding carboxylic acids is 3. The number of thioether (sulfide) groups is 1. The fourth-order valence-electron chi connectivity index (χ4n) is 4.14. The zero-order valence-corrected chi connectivity index (χ0v) is 23.4. The molecular weight excluding hydrogens is 531 g/mol. The van der Waals surface area contributed by atoms with Crippen LogP contribution in [0.2, 0.25) is 0 Å². The van der Waals surface area contributed by atoms with Crippen LogP contribution in [-0.2, 0) is 26.9 Å². The van der Waals surface area contributed by atoms with Crippen molar-refractivity contribution in [2.45, 2.75) is 69.8 Å². The molecular formula is C28H34F3N3O4S. The molecule has 2 atom stereocenters. The number of para-hydroxylation sites is 1. The molecule has 3 rings (SSSR count). The molecule has 0 bridgehead atoms. The number of alkyl halides is 3. The molecule has 1 heterocycles. The largest absolute Gasteiger partial charge is 0.444 e. The van der Waals surface area contributed by atoms with Gasteiger partial charge in [0.1, 0.15) is 17.7 Å². The summed E-state index contributed by atoms with van der Waals surface area (Å²) in [6.45, 7) is 9.25. The van der Waals surface area contributed by atoms with Crippen LogP contribution in [0.25, 0.3) is 0 Å². The third-order valence-electron chi connectivity index (χ3n) is 5.74. The molecule has 1 aliphatic heterocycles. The van der Waals surface area contributed by atoms with Crippen LogP contribution in [0.4, 0.5) is 23.7 Å². The summed E-state index contributed by atoms with van der Waals surface area (Å²) in [5, 5.41) is 5.10. The van der Waals surface area contributed by atoms with E-state index in [9.17, 15) is 27.6 Å². The van der Waals surface area contributed by atoms with E-state index >= 15 is 0 Å². The van der Waals surface area contributed by atoms with Crippen molar-refractivity contribution in [2.24, 2.45) is 5.92 Å². The van der Waals surface area contributed by atoms with Gasteiger partial charge in [-0.1, -0.05) is 44.2 Å². The van der Waals surface area contributed by atoms with Crippen molar-refractivity contribution in [3.8, 4) is 0 Å². The third-order valence-corrected chi connectivity index (χ3v) is 6.90. The van der Waals surface area contributed by atoms with Gasteiger partial charge in [0.15, 0.2) is 0 Å². The number of fused-ring (bicyclic) bond motifs is 1. The Morgan fingerprint density at radius 3 is 2.36 bits per heavy atom. The Labute approximate surface area is 230 Å². The number of rotatable bonds is 7. The number of ether oxygens (including phenoxy) is 1. The van der Waals surface area contributed by atoms with Gasteiger partial charge in [-0.3, -0.25) is 9.59 Å². The fourth-order valence-corrected chi connectivity index (χ4v) is 5.21. The van der Waals surface area contributed by atoms with Crippen LogP contribution in [-0.4, -0.2) is 47.9 Å². The van der Waals surface area contributed by atoms with E-state index in [1.807, 2.05) is 38.1 Å². The van der Waals surface area contributed by atoms with Gasteiger partial charge in [0.2, 0.25) is 11.8 Å². The maximum Gasteiger partial charge on any atom is 0.416 e. The topological polar surface area (TPSA) is 87.7 Å². The standard InChI is InChI=1S/C28H34F3N3O4S/c1-17(2)15-34-22-12-8-9-13-23(22)39-16-21(25(34)36)32-24(35)20(33-26(37)38-27(3,4)5)14-18-10-6-7-11-19(18)28(29,30)31/h6-13,17,20-21H,14-16H2,1-5H3,(H,32,35)(H,33,37)/t20-,21-/m1/s1. The van der Waals surface area contributed by atoms with Crippen molar-refractivity contribution in [3.63, 3.8) is 0 Å². The van der Waals surface area contributed by atoms with Crippen molar-refractivity contribution in [1.29, 1.82) is 0 Å². The van der Waals surface area contributed by atoms with Gasteiger partial charge < -0.3 is 20.3 Å². The monoisotopic (exact) mass is 565 g/mol. The Bertz CT molecular complexity index is 1200. The van der Waals surface area contributed by atoms with E-state index in [1.165, 1.54) is 30.0 Å². The van der Waals surface area contributed by atoms with Crippen LogP contribution in [0, 0.1) is 5.92 Å². The molecule has 212 valence electrons. The minimum atomic E-state index is -4.65. The van der Waals surface area contributed by atoms with Crippen LogP contribution in [0.5, 0.6) is 0 Å². The van der Waals surface area contributed by atoms with Crippen molar-refractivity contribution >= 4 is 35.4 Å². The first-order chi connectivity index (χ1) is 18.2. The van der Waals surface area contributed by atoms with Gasteiger partial charge in [0, 0.05) is 23.6 Å². The van der Waals surface area contributed by atoms with Crippen LogP contribution in [0.15, 0.2) is 53.4 Å². The van der Waals surface area contributed by atoms with Gasteiger partial charge in [-0.25, -0.2) is 4.79 Å². The number of nitrogens with zero attached hydrogens (tertiary/aromatic N) is 1. The average Bonchev–Trinajstić information content (AvgIpc) is 2.94. The van der Waals surface area contributed by atoms with Crippen molar-refractivity contribution in [1.82, 2.24) is 10.6 Å². The first-order valence-electron chi connectivity index (χ1n) is 12.6. The highest BCUT2D eigenvalue weighted by Gasteiger charge is 2.37. The van der Waals surface area contributed by atoms with E-state index in [-0.39, 0.29) is 23.1 Å². The van der Waals surface area contributed by atoms with Crippen molar-refractivity contribution < 1.29 is 32.3 Å². The van der Waals surface area contributed by atoms with Crippen LogP contribution in [0.1, 0.15) is 45.7 Å².